The number of aryl methyl sites for hydroxylation is 1. The molecule has 2 aromatic carbocycles. The Hall–Kier alpha value is -2.09. The first kappa shape index (κ1) is 21.2. The van der Waals surface area contributed by atoms with Gasteiger partial charge in [-0.25, -0.2) is 13.4 Å². The Bertz CT molecular complexity index is 985. The van der Waals surface area contributed by atoms with Crippen LogP contribution in [0.2, 0.25) is 0 Å². The molecule has 0 unspecified atom stereocenters. The molecular formula is C23H31N3O3S. The molecule has 2 aromatic rings. The van der Waals surface area contributed by atoms with Gasteiger partial charge in [0.1, 0.15) is 0 Å². The van der Waals surface area contributed by atoms with Crippen molar-refractivity contribution in [1.82, 2.24) is 5.01 Å². The zero-order valence-electron chi connectivity index (χ0n) is 18.0. The molecule has 7 heteroatoms. The summed E-state index contributed by atoms with van der Waals surface area (Å²) in [6.45, 7) is 9.82. The van der Waals surface area contributed by atoms with Crippen LogP contribution in [0, 0.1) is 11.8 Å². The number of anilines is 2. The van der Waals surface area contributed by atoms with Crippen LogP contribution in [-0.2, 0) is 27.7 Å². The quantitative estimate of drug-likeness (QED) is 0.690. The van der Waals surface area contributed by atoms with E-state index in [1.165, 1.54) is 5.56 Å². The first-order chi connectivity index (χ1) is 14.4. The second-order valence-electron chi connectivity index (χ2n) is 8.66. The summed E-state index contributed by atoms with van der Waals surface area (Å²) < 4.78 is 34.0. The largest absolute Gasteiger partial charge is 0.381 e. The number of sulfonamides is 1. The van der Waals surface area contributed by atoms with E-state index in [2.05, 4.69) is 17.4 Å². The standard InChI is InChI=1S/C23H31N3O3S/c1-4-18-5-7-21(8-6-18)26(12-17(2)3)30(27,28)22-9-10-23-20(11-22)14-25(24-23)13-19-15-29-16-19/h5-11,17,19,24H,4,12-16H2,1-3H3. The van der Waals surface area contributed by atoms with E-state index in [9.17, 15) is 8.42 Å². The fraction of sp³-hybridized carbons (Fsp3) is 0.478. The maximum atomic E-state index is 13.6. The van der Waals surface area contributed by atoms with Gasteiger partial charge in [0, 0.05) is 25.6 Å². The minimum Gasteiger partial charge on any atom is -0.381 e. The number of ether oxygens (including phenoxy) is 1. The van der Waals surface area contributed by atoms with Crippen molar-refractivity contribution in [2.24, 2.45) is 11.8 Å². The van der Waals surface area contributed by atoms with E-state index in [0.717, 1.165) is 37.4 Å². The van der Waals surface area contributed by atoms with Gasteiger partial charge in [-0.2, -0.15) is 0 Å². The lowest BCUT2D eigenvalue weighted by Gasteiger charge is -2.30. The molecule has 4 rings (SSSR count). The van der Waals surface area contributed by atoms with Crippen molar-refractivity contribution < 1.29 is 13.2 Å². The van der Waals surface area contributed by atoms with Crippen LogP contribution < -0.4 is 9.73 Å². The summed E-state index contributed by atoms with van der Waals surface area (Å²) >= 11 is 0. The molecule has 0 aliphatic carbocycles. The van der Waals surface area contributed by atoms with Gasteiger partial charge in [0.05, 0.1) is 29.5 Å². The second kappa shape index (κ2) is 8.57. The zero-order chi connectivity index (χ0) is 21.3. The normalized spacial score (nSPS) is 16.9. The van der Waals surface area contributed by atoms with Crippen LogP contribution in [-0.4, -0.2) is 39.7 Å². The molecule has 0 saturated carbocycles. The van der Waals surface area contributed by atoms with Gasteiger partial charge in [-0.15, -0.1) is 0 Å². The van der Waals surface area contributed by atoms with E-state index < -0.39 is 10.0 Å². The Morgan fingerprint density at radius 2 is 1.90 bits per heavy atom. The highest BCUT2D eigenvalue weighted by atomic mass is 32.2. The van der Waals surface area contributed by atoms with E-state index >= 15 is 0 Å². The number of nitrogens with zero attached hydrogens (tertiary/aromatic N) is 2. The summed E-state index contributed by atoms with van der Waals surface area (Å²) in [5.41, 5.74) is 7.30. The highest BCUT2D eigenvalue weighted by Gasteiger charge is 2.29. The number of nitrogens with one attached hydrogen (secondary N) is 1. The lowest BCUT2D eigenvalue weighted by atomic mass is 10.1. The molecule has 0 aromatic heterocycles. The molecule has 0 spiro atoms. The highest BCUT2D eigenvalue weighted by Crippen LogP contribution is 2.32. The lowest BCUT2D eigenvalue weighted by Crippen LogP contribution is -2.39. The third-order valence-corrected chi connectivity index (χ3v) is 7.44. The topological polar surface area (TPSA) is 61.9 Å². The van der Waals surface area contributed by atoms with Gasteiger partial charge in [0.2, 0.25) is 0 Å². The SMILES string of the molecule is CCc1ccc(N(CC(C)C)S(=O)(=O)c2ccc3c(c2)CN(CC2COC2)N3)cc1. The third-order valence-electron chi connectivity index (χ3n) is 5.65. The second-order valence-corrected chi connectivity index (χ2v) is 10.5. The molecule has 30 heavy (non-hydrogen) atoms. The van der Waals surface area contributed by atoms with Crippen LogP contribution in [0.15, 0.2) is 47.4 Å². The number of fused-ring (bicyclic) bond motifs is 1. The lowest BCUT2D eigenvalue weighted by molar-refractivity contribution is -0.0438. The number of hydrogen-bond acceptors (Lipinski definition) is 5. The van der Waals surface area contributed by atoms with Gasteiger partial charge in [-0.3, -0.25) is 4.31 Å². The first-order valence-corrected chi connectivity index (χ1v) is 12.1. The van der Waals surface area contributed by atoms with Crippen molar-refractivity contribution in [3.05, 3.63) is 53.6 Å². The van der Waals surface area contributed by atoms with E-state index in [0.29, 0.717) is 29.6 Å². The van der Waals surface area contributed by atoms with Crippen molar-refractivity contribution in [2.75, 3.05) is 36.0 Å². The fourth-order valence-electron chi connectivity index (χ4n) is 3.90. The summed E-state index contributed by atoms with van der Waals surface area (Å²) in [5, 5.41) is 2.14. The molecule has 1 fully saturated rings. The monoisotopic (exact) mass is 429 g/mol. The summed E-state index contributed by atoms with van der Waals surface area (Å²) in [7, 11) is -3.66. The molecule has 162 valence electrons. The van der Waals surface area contributed by atoms with Crippen LogP contribution in [0.1, 0.15) is 31.9 Å². The highest BCUT2D eigenvalue weighted by molar-refractivity contribution is 7.92. The van der Waals surface area contributed by atoms with Gasteiger partial charge >= 0.3 is 0 Å². The molecule has 0 amide bonds. The number of rotatable bonds is 8. The van der Waals surface area contributed by atoms with Crippen molar-refractivity contribution >= 4 is 21.4 Å². The van der Waals surface area contributed by atoms with Crippen molar-refractivity contribution in [1.29, 1.82) is 0 Å². The molecule has 6 nitrogen and oxygen atoms in total. The van der Waals surface area contributed by atoms with Crippen molar-refractivity contribution in [3.8, 4) is 0 Å². The Kier molecular flexibility index (Phi) is 6.04. The molecule has 1 N–H and O–H groups in total. The van der Waals surface area contributed by atoms with Gasteiger partial charge < -0.3 is 10.2 Å². The molecule has 0 atom stereocenters. The number of hydrogen-bond donors (Lipinski definition) is 1. The average molecular weight is 430 g/mol. The minimum absolute atomic E-state index is 0.210. The van der Waals surface area contributed by atoms with Crippen LogP contribution in [0.25, 0.3) is 0 Å². The van der Waals surface area contributed by atoms with Crippen molar-refractivity contribution in [2.45, 2.75) is 38.6 Å². The molecule has 1 saturated heterocycles. The van der Waals surface area contributed by atoms with E-state index in [1.54, 1.807) is 10.4 Å². The molecule has 2 heterocycles. The van der Waals surface area contributed by atoms with Gasteiger partial charge in [-0.05, 0) is 53.8 Å². The summed E-state index contributed by atoms with van der Waals surface area (Å²) in [6.07, 6.45) is 0.929. The Morgan fingerprint density at radius 1 is 1.17 bits per heavy atom. The van der Waals surface area contributed by atoms with Gasteiger partial charge in [-0.1, -0.05) is 32.9 Å². The smallest absolute Gasteiger partial charge is 0.264 e. The fourth-order valence-corrected chi connectivity index (χ4v) is 5.58. The third kappa shape index (κ3) is 4.33. The van der Waals surface area contributed by atoms with E-state index in [4.69, 9.17) is 4.74 Å². The van der Waals surface area contributed by atoms with E-state index in [1.807, 2.05) is 50.2 Å². The van der Waals surface area contributed by atoms with Gasteiger partial charge in [0.25, 0.3) is 10.0 Å². The predicted molar refractivity (Wildman–Crippen MR) is 120 cm³/mol. The van der Waals surface area contributed by atoms with Crippen LogP contribution in [0.5, 0.6) is 0 Å². The molecular weight excluding hydrogens is 398 g/mol. The number of benzene rings is 2. The van der Waals surface area contributed by atoms with Gasteiger partial charge in [0.15, 0.2) is 0 Å². The maximum Gasteiger partial charge on any atom is 0.264 e. The zero-order valence-corrected chi connectivity index (χ0v) is 18.8. The molecule has 0 bridgehead atoms. The minimum atomic E-state index is -3.66. The Labute approximate surface area is 179 Å². The molecule has 2 aliphatic heterocycles. The first-order valence-electron chi connectivity index (χ1n) is 10.7. The maximum absolute atomic E-state index is 13.6. The van der Waals surface area contributed by atoms with Crippen LogP contribution in [0.3, 0.4) is 0 Å². The Morgan fingerprint density at radius 3 is 2.50 bits per heavy atom. The van der Waals surface area contributed by atoms with E-state index in [-0.39, 0.29) is 5.92 Å². The predicted octanol–water partition coefficient (Wildman–Crippen LogP) is 3.89. The number of hydrazine groups is 1. The summed E-state index contributed by atoms with van der Waals surface area (Å²) in [6, 6.07) is 13.3. The summed E-state index contributed by atoms with van der Waals surface area (Å²) in [4.78, 5) is 0.345. The molecule has 0 radical (unpaired) electrons. The Balaban J connectivity index is 1.59. The summed E-state index contributed by atoms with van der Waals surface area (Å²) in [5.74, 6) is 0.754. The average Bonchev–Trinajstić information content (AvgIpc) is 3.11. The molecule has 2 aliphatic rings. The van der Waals surface area contributed by atoms with Crippen molar-refractivity contribution in [3.63, 3.8) is 0 Å². The van der Waals surface area contributed by atoms with Crippen LogP contribution >= 0.6 is 0 Å². The van der Waals surface area contributed by atoms with Crippen LogP contribution in [0.4, 0.5) is 11.4 Å².